The first kappa shape index (κ1) is 26.0. The molecule has 0 aliphatic heterocycles. The second-order valence-electron chi connectivity index (χ2n) is 8.72. The van der Waals surface area contributed by atoms with Gasteiger partial charge in [-0.2, -0.15) is 4.98 Å². The number of fused-ring (bicyclic) bond motifs is 2. The lowest BCUT2D eigenvalue weighted by atomic mass is 10.1. The average molecular weight is 589 g/mol. The molecular weight excluding hydrogens is 564 g/mol. The third kappa shape index (κ3) is 5.23. The van der Waals surface area contributed by atoms with E-state index in [0.717, 1.165) is 11.1 Å². The van der Waals surface area contributed by atoms with Crippen molar-refractivity contribution in [2.75, 3.05) is 7.11 Å². The van der Waals surface area contributed by atoms with Crippen molar-refractivity contribution < 1.29 is 4.74 Å². The Morgan fingerprint density at radius 1 is 0.744 bits per heavy atom. The van der Waals surface area contributed by atoms with E-state index in [1.54, 1.807) is 15.3 Å². The summed E-state index contributed by atoms with van der Waals surface area (Å²) in [5.41, 5.74) is 3.64. The van der Waals surface area contributed by atoms with Crippen LogP contribution in [0.4, 0.5) is 0 Å². The monoisotopic (exact) mass is 588 g/mol. The number of methoxy groups -OCH3 is 1. The van der Waals surface area contributed by atoms with Crippen molar-refractivity contribution in [2.45, 2.75) is 25.9 Å². The molecule has 4 heterocycles. The van der Waals surface area contributed by atoms with Crippen molar-refractivity contribution >= 4 is 38.5 Å². The van der Waals surface area contributed by atoms with Gasteiger partial charge in [-0.25, -0.2) is 24.5 Å². The standard InChI is InChI=1S/C14H14N4O2.C13H11BrN4O/c1-9(10-6-4-3-5-7-10)18-13-12(17-14(18)19)15-8-11(16-13)20-2;1-8(9-5-3-2-4-6-9)18-12-11(17-13(18)19)15-7-10(14)16-12/h3-9H,1-2H3,(H,15,17,19);2-8H,1H3,(H,15,17,19)/t9-;8-/m01/s1. The number of H-pyrrole nitrogens is 2. The summed E-state index contributed by atoms with van der Waals surface area (Å²) in [4.78, 5) is 46.6. The van der Waals surface area contributed by atoms with Crippen LogP contribution in [0.2, 0.25) is 0 Å². The lowest BCUT2D eigenvalue weighted by Gasteiger charge is -2.13. The molecule has 4 aromatic heterocycles. The molecule has 0 unspecified atom stereocenters. The van der Waals surface area contributed by atoms with Gasteiger partial charge in [-0.05, 0) is 40.9 Å². The largest absolute Gasteiger partial charge is 0.480 e. The maximum absolute atomic E-state index is 12.1. The number of imidazole rings is 2. The zero-order valence-corrected chi connectivity index (χ0v) is 23.0. The number of nitrogens with one attached hydrogen (secondary N) is 2. The molecule has 0 aliphatic carbocycles. The highest BCUT2D eigenvalue weighted by Gasteiger charge is 2.18. The van der Waals surface area contributed by atoms with E-state index in [0.29, 0.717) is 33.1 Å². The molecule has 0 fully saturated rings. The zero-order valence-electron chi connectivity index (χ0n) is 21.4. The van der Waals surface area contributed by atoms with Crippen LogP contribution in [0.15, 0.2) is 87.2 Å². The Labute approximate surface area is 230 Å². The van der Waals surface area contributed by atoms with Crippen LogP contribution in [-0.4, -0.2) is 46.1 Å². The molecule has 6 aromatic rings. The third-order valence-corrected chi connectivity index (χ3v) is 6.73. The van der Waals surface area contributed by atoms with Crippen LogP contribution in [0.1, 0.15) is 37.1 Å². The molecule has 0 bridgehead atoms. The molecule has 0 saturated carbocycles. The van der Waals surface area contributed by atoms with Gasteiger partial charge in [0.15, 0.2) is 22.6 Å². The van der Waals surface area contributed by atoms with E-state index in [1.165, 1.54) is 13.3 Å². The lowest BCUT2D eigenvalue weighted by Crippen LogP contribution is -2.21. The maximum Gasteiger partial charge on any atom is 0.329 e. The van der Waals surface area contributed by atoms with E-state index >= 15 is 0 Å². The van der Waals surface area contributed by atoms with Crippen LogP contribution in [0, 0.1) is 0 Å². The molecule has 0 radical (unpaired) electrons. The minimum Gasteiger partial charge on any atom is -0.480 e. The van der Waals surface area contributed by atoms with Gasteiger partial charge in [-0.3, -0.25) is 19.1 Å². The molecule has 12 heteroatoms. The summed E-state index contributed by atoms with van der Waals surface area (Å²) in [6.07, 6.45) is 3.05. The van der Waals surface area contributed by atoms with Crippen molar-refractivity contribution in [1.82, 2.24) is 39.0 Å². The van der Waals surface area contributed by atoms with Gasteiger partial charge >= 0.3 is 11.4 Å². The number of aromatic amines is 2. The number of hydrogen-bond acceptors (Lipinski definition) is 7. The fraction of sp³-hybridized carbons (Fsp3) is 0.185. The first-order chi connectivity index (χ1) is 18.9. The van der Waals surface area contributed by atoms with Crippen molar-refractivity contribution in [1.29, 1.82) is 0 Å². The minimum atomic E-state index is -0.232. The van der Waals surface area contributed by atoms with Crippen LogP contribution < -0.4 is 16.1 Å². The molecule has 39 heavy (non-hydrogen) atoms. The van der Waals surface area contributed by atoms with Crippen LogP contribution in [0.25, 0.3) is 22.6 Å². The Morgan fingerprint density at radius 3 is 1.69 bits per heavy atom. The molecule has 6 rings (SSSR count). The molecule has 0 spiro atoms. The van der Waals surface area contributed by atoms with Gasteiger partial charge in [0.1, 0.15) is 4.60 Å². The summed E-state index contributed by atoms with van der Waals surface area (Å²) in [5.74, 6) is 0.380. The first-order valence-corrected chi connectivity index (χ1v) is 12.9. The Hall–Kier alpha value is -4.58. The van der Waals surface area contributed by atoms with Gasteiger partial charge in [-0.15, -0.1) is 0 Å². The van der Waals surface area contributed by atoms with Gasteiger partial charge in [-0.1, -0.05) is 60.7 Å². The average Bonchev–Trinajstić information content (AvgIpc) is 3.47. The van der Waals surface area contributed by atoms with E-state index < -0.39 is 0 Å². The molecule has 11 nitrogen and oxygen atoms in total. The number of rotatable bonds is 5. The highest BCUT2D eigenvalue weighted by Crippen LogP contribution is 2.21. The highest BCUT2D eigenvalue weighted by molar-refractivity contribution is 9.10. The lowest BCUT2D eigenvalue weighted by molar-refractivity contribution is 0.396. The second-order valence-corrected chi connectivity index (χ2v) is 9.54. The van der Waals surface area contributed by atoms with Gasteiger partial charge in [0.05, 0.1) is 31.6 Å². The summed E-state index contributed by atoms with van der Waals surface area (Å²) >= 11 is 3.28. The fourth-order valence-corrected chi connectivity index (χ4v) is 4.60. The topological polar surface area (TPSA) is 136 Å². The van der Waals surface area contributed by atoms with Crippen molar-refractivity contribution in [3.05, 3.63) is 110 Å². The number of nitrogens with zero attached hydrogens (tertiary/aromatic N) is 6. The Bertz CT molecular complexity index is 1840. The predicted octanol–water partition coefficient (Wildman–Crippen LogP) is 4.23. The Kier molecular flexibility index (Phi) is 7.37. The summed E-state index contributed by atoms with van der Waals surface area (Å²) in [7, 11) is 1.52. The van der Waals surface area contributed by atoms with Crippen molar-refractivity contribution in [3.63, 3.8) is 0 Å². The van der Waals surface area contributed by atoms with E-state index in [-0.39, 0.29) is 23.5 Å². The minimum absolute atomic E-state index is 0.106. The van der Waals surface area contributed by atoms with Crippen LogP contribution in [0.5, 0.6) is 5.88 Å². The summed E-state index contributed by atoms with van der Waals surface area (Å²) in [5, 5.41) is 0. The molecule has 198 valence electrons. The number of halogens is 1. The summed E-state index contributed by atoms with van der Waals surface area (Å²) < 4.78 is 8.87. The molecule has 2 aromatic carbocycles. The second kappa shape index (κ2) is 11.0. The molecule has 2 atom stereocenters. The SMILES string of the molecule is COc1cnc2[nH]c(=O)n([C@@H](C)c3ccccc3)c2n1.C[C@H](c1ccccc1)n1c(=O)[nH]c2ncc(Br)nc21. The summed E-state index contributed by atoms with van der Waals surface area (Å²) in [6, 6.07) is 19.4. The fourth-order valence-electron chi connectivity index (χ4n) is 4.33. The van der Waals surface area contributed by atoms with Crippen molar-refractivity contribution in [3.8, 4) is 5.88 Å². The van der Waals surface area contributed by atoms with E-state index in [9.17, 15) is 9.59 Å². The molecule has 2 N–H and O–H groups in total. The van der Waals surface area contributed by atoms with Gasteiger partial charge in [0.2, 0.25) is 5.88 Å². The van der Waals surface area contributed by atoms with Gasteiger partial charge < -0.3 is 4.74 Å². The summed E-state index contributed by atoms with van der Waals surface area (Å²) in [6.45, 7) is 3.91. The molecule has 0 saturated heterocycles. The third-order valence-electron chi connectivity index (χ3n) is 6.35. The Balaban J connectivity index is 0.000000158. The first-order valence-electron chi connectivity index (χ1n) is 12.1. The van der Waals surface area contributed by atoms with Crippen LogP contribution >= 0.6 is 15.9 Å². The van der Waals surface area contributed by atoms with E-state index in [4.69, 9.17) is 4.74 Å². The van der Waals surface area contributed by atoms with Crippen LogP contribution in [0.3, 0.4) is 0 Å². The highest BCUT2D eigenvalue weighted by atomic mass is 79.9. The van der Waals surface area contributed by atoms with Gasteiger partial charge in [0, 0.05) is 0 Å². The quantitative estimate of drug-likeness (QED) is 0.307. The number of aromatic nitrogens is 8. The number of ether oxygens (including phenoxy) is 1. The number of benzene rings is 2. The molecule has 0 amide bonds. The van der Waals surface area contributed by atoms with Gasteiger partial charge in [0.25, 0.3) is 0 Å². The normalized spacial score (nSPS) is 12.6. The van der Waals surface area contributed by atoms with Crippen LogP contribution in [-0.2, 0) is 0 Å². The maximum atomic E-state index is 12.1. The van der Waals surface area contributed by atoms with E-state index in [2.05, 4.69) is 45.8 Å². The molecule has 0 aliphatic rings. The molecular formula is C27H25BrN8O3. The smallest absolute Gasteiger partial charge is 0.329 e. The number of hydrogen-bond donors (Lipinski definition) is 2. The van der Waals surface area contributed by atoms with E-state index in [1.807, 2.05) is 74.5 Å². The predicted molar refractivity (Wildman–Crippen MR) is 151 cm³/mol. The van der Waals surface area contributed by atoms with Crippen molar-refractivity contribution in [2.24, 2.45) is 0 Å². The Morgan fingerprint density at radius 2 is 1.21 bits per heavy atom. The zero-order chi connectivity index (χ0) is 27.5.